The van der Waals surface area contributed by atoms with Gasteiger partial charge in [0.1, 0.15) is 0 Å². The summed E-state index contributed by atoms with van der Waals surface area (Å²) in [6.45, 7) is 2.64. The van der Waals surface area contributed by atoms with Gasteiger partial charge in [0.2, 0.25) is 5.69 Å². The number of nitrogens with one attached hydrogen (secondary N) is 2. The van der Waals surface area contributed by atoms with E-state index < -0.39 is 0 Å². The molecule has 0 saturated carbocycles. The van der Waals surface area contributed by atoms with Crippen LogP contribution < -0.4 is 9.72 Å². The Hall–Kier alpha value is -3.15. The number of likely N-dealkylation sites (tertiary alicyclic amines) is 1. The molecule has 3 heterocycles. The summed E-state index contributed by atoms with van der Waals surface area (Å²) >= 11 is 6.23. The van der Waals surface area contributed by atoms with Crippen LogP contribution in [-0.2, 0) is 5.41 Å². The van der Waals surface area contributed by atoms with E-state index in [2.05, 4.69) is 46.5 Å². The number of hydrogen-bond acceptors (Lipinski definition) is 2. The van der Waals surface area contributed by atoms with Crippen molar-refractivity contribution in [1.29, 1.82) is 0 Å². The predicted molar refractivity (Wildman–Crippen MR) is 132 cm³/mol. The number of rotatable bonds is 5. The lowest BCUT2D eigenvalue weighted by molar-refractivity contribution is -0.498. The monoisotopic (exact) mass is 459 g/mol. The zero-order valence-electron chi connectivity index (χ0n) is 18.7. The van der Waals surface area contributed by atoms with Crippen LogP contribution in [0.25, 0.3) is 16.9 Å². The van der Waals surface area contributed by atoms with E-state index in [1.165, 1.54) is 5.56 Å². The van der Waals surface area contributed by atoms with Crippen molar-refractivity contribution in [2.75, 3.05) is 26.7 Å². The SMILES string of the molecule is CN1CCC(CNC(=O)c2[nH]c(-c3cccc(Cl)c3)[n+]3ccccc23)(c2ccccc2)CC1. The number of aromatic nitrogens is 2. The molecule has 6 heteroatoms. The fourth-order valence-corrected chi connectivity index (χ4v) is 5.04. The third kappa shape index (κ3) is 4.26. The van der Waals surface area contributed by atoms with Gasteiger partial charge in [-0.25, -0.2) is 4.98 Å². The molecule has 2 aromatic heterocycles. The van der Waals surface area contributed by atoms with E-state index in [9.17, 15) is 4.79 Å². The summed E-state index contributed by atoms with van der Waals surface area (Å²) in [4.78, 5) is 19.2. The summed E-state index contributed by atoms with van der Waals surface area (Å²) in [6, 6.07) is 24.1. The Morgan fingerprint density at radius 3 is 2.58 bits per heavy atom. The number of nitrogens with zero attached hydrogens (tertiary/aromatic N) is 2. The van der Waals surface area contributed by atoms with E-state index in [1.807, 2.05) is 59.1 Å². The molecule has 0 bridgehead atoms. The lowest BCUT2D eigenvalue weighted by Gasteiger charge is -2.41. The summed E-state index contributed by atoms with van der Waals surface area (Å²) in [5, 5.41) is 3.92. The van der Waals surface area contributed by atoms with Gasteiger partial charge in [-0.05, 0) is 68.9 Å². The van der Waals surface area contributed by atoms with E-state index >= 15 is 0 Å². The first kappa shape index (κ1) is 21.7. The van der Waals surface area contributed by atoms with Gasteiger partial charge in [-0.2, -0.15) is 4.40 Å². The Kier molecular flexibility index (Phi) is 5.92. The number of halogens is 1. The average Bonchev–Trinajstić information content (AvgIpc) is 3.24. The number of hydrogen-bond donors (Lipinski definition) is 2. The lowest BCUT2D eigenvalue weighted by atomic mass is 9.72. The van der Waals surface area contributed by atoms with E-state index in [-0.39, 0.29) is 11.3 Å². The first-order valence-electron chi connectivity index (χ1n) is 11.4. The smallest absolute Gasteiger partial charge is 0.295 e. The number of piperidine rings is 1. The quantitative estimate of drug-likeness (QED) is 0.433. The van der Waals surface area contributed by atoms with Crippen molar-refractivity contribution in [3.8, 4) is 11.4 Å². The average molecular weight is 460 g/mol. The summed E-state index contributed by atoms with van der Waals surface area (Å²) in [5.74, 6) is 0.733. The van der Waals surface area contributed by atoms with Gasteiger partial charge in [-0.3, -0.25) is 4.79 Å². The van der Waals surface area contributed by atoms with Crippen molar-refractivity contribution in [3.05, 3.63) is 95.3 Å². The normalized spacial score (nSPS) is 16.1. The van der Waals surface area contributed by atoms with Crippen molar-refractivity contribution < 1.29 is 9.20 Å². The second-order valence-electron chi connectivity index (χ2n) is 8.95. The van der Waals surface area contributed by atoms with E-state index in [1.54, 1.807) is 0 Å². The van der Waals surface area contributed by atoms with Gasteiger partial charge in [-0.1, -0.05) is 54.1 Å². The highest BCUT2D eigenvalue weighted by Crippen LogP contribution is 2.34. The lowest BCUT2D eigenvalue weighted by Crippen LogP contribution is -2.48. The fraction of sp³-hybridized carbons (Fsp3) is 0.259. The van der Waals surface area contributed by atoms with Gasteiger partial charge in [0.05, 0.1) is 11.8 Å². The van der Waals surface area contributed by atoms with E-state index in [4.69, 9.17) is 11.6 Å². The second-order valence-corrected chi connectivity index (χ2v) is 9.38. The van der Waals surface area contributed by atoms with Gasteiger partial charge in [0, 0.05) is 17.0 Å². The van der Waals surface area contributed by atoms with Crippen LogP contribution in [0.5, 0.6) is 0 Å². The minimum absolute atomic E-state index is 0.0608. The maximum atomic E-state index is 13.5. The van der Waals surface area contributed by atoms with Gasteiger partial charge >= 0.3 is 0 Å². The molecule has 1 saturated heterocycles. The number of benzene rings is 2. The van der Waals surface area contributed by atoms with Crippen LogP contribution in [0.3, 0.4) is 0 Å². The van der Waals surface area contributed by atoms with Crippen LogP contribution in [0.4, 0.5) is 0 Å². The van der Waals surface area contributed by atoms with Crippen LogP contribution in [0.2, 0.25) is 5.02 Å². The zero-order valence-corrected chi connectivity index (χ0v) is 19.5. The molecule has 0 atom stereocenters. The first-order valence-corrected chi connectivity index (χ1v) is 11.7. The molecule has 2 N–H and O–H groups in total. The maximum absolute atomic E-state index is 13.5. The van der Waals surface area contributed by atoms with Gasteiger partial charge in [0.25, 0.3) is 11.7 Å². The number of pyridine rings is 1. The van der Waals surface area contributed by atoms with E-state index in [0.717, 1.165) is 42.8 Å². The molecule has 1 fully saturated rings. The Bertz CT molecular complexity index is 1280. The third-order valence-corrected chi connectivity index (χ3v) is 7.08. The van der Waals surface area contributed by atoms with Crippen molar-refractivity contribution in [1.82, 2.24) is 15.2 Å². The second kappa shape index (κ2) is 9.00. The van der Waals surface area contributed by atoms with Crippen LogP contribution >= 0.6 is 11.6 Å². The predicted octanol–water partition coefficient (Wildman–Crippen LogP) is 4.47. The minimum atomic E-state index is -0.0961. The number of imidazole rings is 1. The number of amides is 1. The summed E-state index contributed by atoms with van der Waals surface area (Å²) in [6.07, 6.45) is 3.99. The molecular weight excluding hydrogens is 432 g/mol. The van der Waals surface area contributed by atoms with Crippen LogP contribution in [0, 0.1) is 0 Å². The van der Waals surface area contributed by atoms with Crippen LogP contribution in [0.1, 0.15) is 28.9 Å². The summed E-state index contributed by atoms with van der Waals surface area (Å²) < 4.78 is 2.00. The number of carbonyl (C=O) groups excluding carboxylic acids is 1. The standard InChI is InChI=1S/C27H27ClN4O/c1-31-16-13-27(14-17-31,21-9-3-2-4-10-21)19-29-26(33)24-23-12-5-6-15-32(23)25(30-24)20-8-7-11-22(28)18-20/h2-12,15,18H,13-14,16-17,19H2,1H3,(H,29,33)/p+1. The van der Waals surface area contributed by atoms with Crippen molar-refractivity contribution >= 4 is 23.0 Å². The number of aromatic amines is 1. The van der Waals surface area contributed by atoms with Gasteiger partial charge in [-0.15, -0.1) is 0 Å². The molecule has 1 aliphatic rings. The zero-order chi connectivity index (χ0) is 22.8. The molecular formula is C27H28ClN4O+. The van der Waals surface area contributed by atoms with Crippen LogP contribution in [-0.4, -0.2) is 42.5 Å². The Morgan fingerprint density at radius 1 is 1.06 bits per heavy atom. The molecule has 4 aromatic rings. The fourth-order valence-electron chi connectivity index (χ4n) is 4.85. The number of H-pyrrole nitrogens is 1. The number of fused-ring (bicyclic) bond motifs is 1. The highest BCUT2D eigenvalue weighted by Gasteiger charge is 2.36. The highest BCUT2D eigenvalue weighted by atomic mass is 35.5. The summed E-state index contributed by atoms with van der Waals surface area (Å²) in [7, 11) is 2.16. The molecule has 2 aromatic carbocycles. The molecule has 0 unspecified atom stereocenters. The molecule has 168 valence electrons. The molecule has 0 aliphatic carbocycles. The number of carbonyl (C=O) groups is 1. The van der Waals surface area contributed by atoms with Gasteiger partial charge in [0.15, 0.2) is 5.52 Å². The Morgan fingerprint density at radius 2 is 1.82 bits per heavy atom. The topological polar surface area (TPSA) is 52.2 Å². The van der Waals surface area contributed by atoms with E-state index in [0.29, 0.717) is 17.3 Å². The Balaban J connectivity index is 1.46. The maximum Gasteiger partial charge on any atom is 0.295 e. The molecule has 5 rings (SSSR count). The third-order valence-electron chi connectivity index (χ3n) is 6.84. The molecule has 1 amide bonds. The molecule has 0 radical (unpaired) electrons. The van der Waals surface area contributed by atoms with Crippen molar-refractivity contribution in [3.63, 3.8) is 0 Å². The molecule has 5 nitrogen and oxygen atoms in total. The first-order chi connectivity index (χ1) is 16.1. The molecule has 0 spiro atoms. The van der Waals surface area contributed by atoms with Crippen LogP contribution in [0.15, 0.2) is 79.0 Å². The Labute approximate surface area is 199 Å². The van der Waals surface area contributed by atoms with Crippen molar-refractivity contribution in [2.45, 2.75) is 18.3 Å². The van der Waals surface area contributed by atoms with Crippen molar-refractivity contribution in [2.24, 2.45) is 0 Å². The van der Waals surface area contributed by atoms with Gasteiger partial charge < -0.3 is 10.2 Å². The highest BCUT2D eigenvalue weighted by molar-refractivity contribution is 6.30. The molecule has 33 heavy (non-hydrogen) atoms. The largest absolute Gasteiger partial charge is 0.348 e. The molecule has 1 aliphatic heterocycles. The minimum Gasteiger partial charge on any atom is -0.348 e. The summed E-state index contributed by atoms with van der Waals surface area (Å²) in [5.41, 5.74) is 3.56.